The fourth-order valence-corrected chi connectivity index (χ4v) is 4.15. The molecule has 3 nitrogen and oxygen atoms in total. The Morgan fingerprint density at radius 2 is 1.55 bits per heavy atom. The Morgan fingerprint density at radius 3 is 1.95 bits per heavy atom. The van der Waals surface area contributed by atoms with Gasteiger partial charge in [0.2, 0.25) is 10.0 Å². The van der Waals surface area contributed by atoms with Crippen LogP contribution in [-0.4, -0.2) is 25.3 Å². The molecule has 0 heterocycles. The van der Waals surface area contributed by atoms with E-state index in [1.807, 2.05) is 52.0 Å². The van der Waals surface area contributed by atoms with Gasteiger partial charge in [0.15, 0.2) is 0 Å². The molecule has 20 heavy (non-hydrogen) atoms. The highest BCUT2D eigenvalue weighted by Gasteiger charge is 2.25. The second-order valence-corrected chi connectivity index (χ2v) is 7.95. The minimum atomic E-state index is -3.29. The number of hydrogen-bond donors (Lipinski definition) is 0. The van der Waals surface area contributed by atoms with Crippen molar-refractivity contribution in [3.8, 4) is 0 Å². The summed E-state index contributed by atoms with van der Waals surface area (Å²) in [5, 5.41) is 0. The first kappa shape index (κ1) is 17.5. The Morgan fingerprint density at radius 1 is 1.05 bits per heavy atom. The van der Waals surface area contributed by atoms with Gasteiger partial charge in [-0.15, -0.1) is 11.6 Å². The van der Waals surface area contributed by atoms with Crippen LogP contribution in [0.2, 0.25) is 0 Å². The number of sulfonamides is 1. The van der Waals surface area contributed by atoms with E-state index in [1.165, 1.54) is 0 Å². The molecule has 0 unspecified atom stereocenters. The summed E-state index contributed by atoms with van der Waals surface area (Å²) in [6, 6.07) is 7.40. The molecule has 0 aliphatic heterocycles. The smallest absolute Gasteiger partial charge is 0.212 e. The second kappa shape index (κ2) is 7.43. The van der Waals surface area contributed by atoms with Crippen molar-refractivity contribution < 1.29 is 8.42 Å². The maximum atomic E-state index is 12.5. The van der Waals surface area contributed by atoms with Crippen LogP contribution in [0, 0.1) is 5.92 Å². The summed E-state index contributed by atoms with van der Waals surface area (Å²) in [6.07, 6.45) is 0. The molecule has 0 bridgehead atoms. The fraction of sp³-hybridized carbons (Fsp3) is 0.600. The molecule has 1 aromatic carbocycles. The summed E-state index contributed by atoms with van der Waals surface area (Å²) < 4.78 is 26.7. The van der Waals surface area contributed by atoms with Gasteiger partial charge in [0, 0.05) is 18.5 Å². The third-order valence-corrected chi connectivity index (χ3v) is 5.30. The van der Waals surface area contributed by atoms with E-state index < -0.39 is 10.0 Å². The van der Waals surface area contributed by atoms with Gasteiger partial charge in [-0.2, -0.15) is 4.31 Å². The molecule has 0 saturated heterocycles. The molecule has 0 aromatic heterocycles. The summed E-state index contributed by atoms with van der Waals surface area (Å²) in [5.74, 6) is 0.796. The lowest BCUT2D eigenvalue weighted by Gasteiger charge is -2.27. The van der Waals surface area contributed by atoms with Crippen molar-refractivity contribution in [1.82, 2.24) is 4.31 Å². The summed E-state index contributed by atoms with van der Waals surface area (Å²) in [6.45, 7) is 8.44. The Hall–Kier alpha value is -0.580. The van der Waals surface area contributed by atoms with E-state index in [-0.39, 0.29) is 11.8 Å². The van der Waals surface area contributed by atoms with Gasteiger partial charge in [-0.25, -0.2) is 8.42 Å². The molecule has 0 fully saturated rings. The van der Waals surface area contributed by atoms with Crippen LogP contribution in [0.25, 0.3) is 0 Å². The largest absolute Gasteiger partial charge is 0.218 e. The summed E-state index contributed by atoms with van der Waals surface area (Å²) >= 11 is 5.74. The van der Waals surface area contributed by atoms with Crippen molar-refractivity contribution in [3.05, 3.63) is 35.4 Å². The molecule has 0 radical (unpaired) electrons. The number of halogens is 1. The lowest BCUT2D eigenvalue weighted by molar-refractivity contribution is 0.318. The quantitative estimate of drug-likeness (QED) is 0.720. The van der Waals surface area contributed by atoms with E-state index >= 15 is 0 Å². The van der Waals surface area contributed by atoms with E-state index in [0.29, 0.717) is 18.3 Å². The predicted molar refractivity (Wildman–Crippen MR) is 85.3 cm³/mol. The molecule has 0 saturated carbocycles. The van der Waals surface area contributed by atoms with E-state index in [2.05, 4.69) is 0 Å². The highest BCUT2D eigenvalue weighted by Crippen LogP contribution is 2.17. The molecule has 1 aromatic rings. The zero-order chi connectivity index (χ0) is 15.3. The maximum absolute atomic E-state index is 12.5. The number of benzene rings is 1. The van der Waals surface area contributed by atoms with Crippen molar-refractivity contribution >= 4 is 21.6 Å². The van der Waals surface area contributed by atoms with Gasteiger partial charge in [0.05, 0.1) is 5.75 Å². The standard InChI is InChI=1S/C15H24ClNO2S/c1-12(2)10-17(13(3)4)20(18,19)11-15-7-5-14(9-16)6-8-15/h5-8,12-13H,9-11H2,1-4H3. The molecule has 5 heteroatoms. The molecule has 0 amide bonds. The number of alkyl halides is 1. The molecule has 0 aliphatic rings. The topological polar surface area (TPSA) is 37.4 Å². The van der Waals surface area contributed by atoms with Crippen molar-refractivity contribution in [2.24, 2.45) is 5.92 Å². The van der Waals surface area contributed by atoms with Crippen LogP contribution in [0.5, 0.6) is 0 Å². The van der Waals surface area contributed by atoms with Crippen LogP contribution < -0.4 is 0 Å². The summed E-state index contributed by atoms with van der Waals surface area (Å²) in [7, 11) is -3.29. The average Bonchev–Trinajstić information content (AvgIpc) is 2.35. The number of rotatable bonds is 7. The molecular weight excluding hydrogens is 294 g/mol. The minimum Gasteiger partial charge on any atom is -0.212 e. The highest BCUT2D eigenvalue weighted by molar-refractivity contribution is 7.88. The van der Waals surface area contributed by atoms with E-state index in [9.17, 15) is 8.42 Å². The molecule has 0 atom stereocenters. The Bertz CT molecular complexity index is 509. The van der Waals surface area contributed by atoms with Gasteiger partial charge in [-0.1, -0.05) is 38.1 Å². The molecule has 114 valence electrons. The van der Waals surface area contributed by atoms with Crippen molar-refractivity contribution in [2.45, 2.75) is 45.4 Å². The van der Waals surface area contributed by atoms with Crippen LogP contribution in [-0.2, 0) is 21.7 Å². The average molecular weight is 318 g/mol. The molecular formula is C15H24ClNO2S. The molecule has 0 spiro atoms. The normalized spacial score (nSPS) is 12.6. The SMILES string of the molecule is CC(C)CN(C(C)C)S(=O)(=O)Cc1ccc(CCl)cc1. The first-order valence-corrected chi connectivity index (χ1v) is 9.04. The van der Waals surface area contributed by atoms with Crippen molar-refractivity contribution in [3.63, 3.8) is 0 Å². The highest BCUT2D eigenvalue weighted by atomic mass is 35.5. The molecule has 0 aliphatic carbocycles. The Labute approximate surface area is 128 Å². The fourth-order valence-electron chi connectivity index (χ4n) is 2.02. The van der Waals surface area contributed by atoms with Gasteiger partial charge in [0.1, 0.15) is 0 Å². The van der Waals surface area contributed by atoms with Crippen molar-refractivity contribution in [1.29, 1.82) is 0 Å². The molecule has 1 rings (SSSR count). The van der Waals surface area contributed by atoms with Crippen LogP contribution in [0.15, 0.2) is 24.3 Å². The van der Waals surface area contributed by atoms with Gasteiger partial charge >= 0.3 is 0 Å². The third kappa shape index (κ3) is 5.08. The first-order valence-electron chi connectivity index (χ1n) is 6.89. The van der Waals surface area contributed by atoms with Gasteiger partial charge < -0.3 is 0 Å². The van der Waals surface area contributed by atoms with Gasteiger partial charge in [0.25, 0.3) is 0 Å². The minimum absolute atomic E-state index is 0.0236. The second-order valence-electron chi connectivity index (χ2n) is 5.76. The zero-order valence-electron chi connectivity index (χ0n) is 12.6. The molecule has 0 N–H and O–H groups in total. The van der Waals surface area contributed by atoms with Crippen LogP contribution >= 0.6 is 11.6 Å². The lowest BCUT2D eigenvalue weighted by Crippen LogP contribution is -2.40. The third-order valence-electron chi connectivity index (χ3n) is 3.00. The predicted octanol–water partition coefficient (Wildman–Crippen LogP) is 3.62. The number of nitrogens with zero attached hydrogens (tertiary/aromatic N) is 1. The van der Waals surface area contributed by atoms with Crippen LogP contribution in [0.4, 0.5) is 0 Å². The van der Waals surface area contributed by atoms with E-state index in [1.54, 1.807) is 4.31 Å². The Kier molecular flexibility index (Phi) is 6.49. The van der Waals surface area contributed by atoms with Gasteiger partial charge in [-0.3, -0.25) is 0 Å². The van der Waals surface area contributed by atoms with Crippen molar-refractivity contribution in [2.75, 3.05) is 6.54 Å². The maximum Gasteiger partial charge on any atom is 0.218 e. The van der Waals surface area contributed by atoms with Gasteiger partial charge in [-0.05, 0) is 30.9 Å². The summed E-state index contributed by atoms with van der Waals surface area (Å²) in [4.78, 5) is 0. The summed E-state index contributed by atoms with van der Waals surface area (Å²) in [5.41, 5.74) is 1.80. The number of hydrogen-bond acceptors (Lipinski definition) is 2. The van der Waals surface area contributed by atoms with Crippen LogP contribution in [0.1, 0.15) is 38.8 Å². The van der Waals surface area contributed by atoms with E-state index in [0.717, 1.165) is 11.1 Å². The first-order chi connectivity index (χ1) is 9.26. The zero-order valence-corrected chi connectivity index (χ0v) is 14.2. The van der Waals surface area contributed by atoms with E-state index in [4.69, 9.17) is 11.6 Å². The van der Waals surface area contributed by atoms with Crippen LogP contribution in [0.3, 0.4) is 0 Å². The Balaban J connectivity index is 2.90. The lowest BCUT2D eigenvalue weighted by atomic mass is 10.2. The monoisotopic (exact) mass is 317 g/mol.